The molecule has 1 aromatic carbocycles. The van der Waals surface area contributed by atoms with Crippen molar-refractivity contribution in [3.05, 3.63) is 48.0 Å². The van der Waals surface area contributed by atoms with Gasteiger partial charge in [-0.05, 0) is 24.2 Å². The monoisotopic (exact) mass is 403 g/mol. The zero-order valence-corrected chi connectivity index (χ0v) is 16.9. The van der Waals surface area contributed by atoms with Crippen molar-refractivity contribution >= 4 is 29.6 Å². The summed E-state index contributed by atoms with van der Waals surface area (Å²) in [7, 11) is 1.32. The van der Waals surface area contributed by atoms with Gasteiger partial charge in [0.2, 0.25) is 5.91 Å². The number of hydrogen-bond acceptors (Lipinski definition) is 6. The fourth-order valence-electron chi connectivity index (χ4n) is 3.89. The number of methoxy groups -OCH3 is 1. The van der Waals surface area contributed by atoms with Gasteiger partial charge in [-0.2, -0.15) is 11.8 Å². The number of fused-ring (bicyclic) bond motifs is 1. The van der Waals surface area contributed by atoms with E-state index in [4.69, 9.17) is 4.74 Å². The van der Waals surface area contributed by atoms with Gasteiger partial charge in [0.05, 0.1) is 13.0 Å². The highest BCUT2D eigenvalue weighted by Gasteiger charge is 2.59. The molecule has 4 unspecified atom stereocenters. The number of esters is 2. The molecule has 6 nitrogen and oxygen atoms in total. The number of carbonyl (C=O) groups excluding carboxylic acids is 3. The second-order valence-corrected chi connectivity index (χ2v) is 8.36. The molecule has 2 heterocycles. The Balaban J connectivity index is 1.64. The Morgan fingerprint density at radius 3 is 2.71 bits per heavy atom. The summed E-state index contributed by atoms with van der Waals surface area (Å²) < 4.78 is 10.1. The summed E-state index contributed by atoms with van der Waals surface area (Å²) in [6, 6.07) is 9.00. The maximum atomic E-state index is 12.8. The number of carbonyl (C=O) groups is 3. The highest BCUT2D eigenvalue weighted by molar-refractivity contribution is 7.99. The standard InChI is InChI=1S/C21H25NO5S/c1-3-28-17-12-16-15(10-7-11-18(23)26-2)20(24)22(16)19(17)21(25)27-13-14-8-5-4-6-9-14/h4-9,11,15-17,19H,3,10,12-13H2,1-2H3. The lowest BCUT2D eigenvalue weighted by atomic mass is 9.85. The first-order chi connectivity index (χ1) is 13.6. The molecule has 2 fully saturated rings. The number of hydrogen-bond donors (Lipinski definition) is 0. The van der Waals surface area contributed by atoms with E-state index in [2.05, 4.69) is 4.74 Å². The first kappa shape index (κ1) is 20.5. The topological polar surface area (TPSA) is 72.9 Å². The molecule has 3 rings (SSSR count). The minimum atomic E-state index is -0.535. The van der Waals surface area contributed by atoms with Gasteiger partial charge in [0.1, 0.15) is 12.6 Å². The lowest BCUT2D eigenvalue weighted by Gasteiger charge is -2.44. The van der Waals surface area contributed by atoms with Crippen LogP contribution in [-0.4, -0.2) is 52.9 Å². The van der Waals surface area contributed by atoms with E-state index < -0.39 is 12.0 Å². The Kier molecular flexibility index (Phi) is 6.78. The van der Waals surface area contributed by atoms with Crippen molar-refractivity contribution in [2.75, 3.05) is 12.9 Å². The molecule has 2 aliphatic heterocycles. The van der Waals surface area contributed by atoms with Crippen LogP contribution in [-0.2, 0) is 30.5 Å². The predicted molar refractivity (Wildman–Crippen MR) is 106 cm³/mol. The average Bonchev–Trinajstić information content (AvgIpc) is 3.05. The molecule has 0 radical (unpaired) electrons. The van der Waals surface area contributed by atoms with Crippen LogP contribution in [0.1, 0.15) is 25.3 Å². The van der Waals surface area contributed by atoms with E-state index in [-0.39, 0.29) is 35.7 Å². The second-order valence-electron chi connectivity index (χ2n) is 6.85. The first-order valence-electron chi connectivity index (χ1n) is 9.45. The third kappa shape index (κ3) is 4.24. The van der Waals surface area contributed by atoms with Crippen LogP contribution in [0.4, 0.5) is 0 Å². The molecule has 0 bridgehead atoms. The quantitative estimate of drug-likeness (QED) is 0.377. The van der Waals surface area contributed by atoms with Gasteiger partial charge in [-0.3, -0.25) is 4.79 Å². The fourth-order valence-corrected chi connectivity index (χ4v) is 5.07. The third-order valence-corrected chi connectivity index (χ3v) is 6.42. The molecule has 0 saturated carbocycles. The highest BCUT2D eigenvalue weighted by Crippen LogP contribution is 2.45. The van der Waals surface area contributed by atoms with E-state index in [1.165, 1.54) is 13.2 Å². The van der Waals surface area contributed by atoms with E-state index in [9.17, 15) is 14.4 Å². The van der Waals surface area contributed by atoms with Gasteiger partial charge in [-0.15, -0.1) is 0 Å². The normalized spacial score (nSPS) is 26.1. The molecule has 0 N–H and O–H groups in total. The summed E-state index contributed by atoms with van der Waals surface area (Å²) in [5.74, 6) is -0.131. The largest absolute Gasteiger partial charge is 0.466 e. The van der Waals surface area contributed by atoms with Gasteiger partial charge in [0.15, 0.2) is 0 Å². The summed E-state index contributed by atoms with van der Waals surface area (Å²) in [4.78, 5) is 38.4. The van der Waals surface area contributed by atoms with Crippen molar-refractivity contribution in [2.24, 2.45) is 5.92 Å². The molecule has 0 spiro atoms. The second kappa shape index (κ2) is 9.28. The molecule has 2 saturated heterocycles. The zero-order chi connectivity index (χ0) is 20.1. The van der Waals surface area contributed by atoms with E-state index in [1.54, 1.807) is 22.7 Å². The molecule has 0 aliphatic carbocycles. The molecule has 150 valence electrons. The summed E-state index contributed by atoms with van der Waals surface area (Å²) in [6.45, 7) is 2.25. The first-order valence-corrected chi connectivity index (χ1v) is 10.5. The zero-order valence-electron chi connectivity index (χ0n) is 16.1. The number of amides is 1. The van der Waals surface area contributed by atoms with Gasteiger partial charge in [-0.25, -0.2) is 9.59 Å². The van der Waals surface area contributed by atoms with Crippen molar-refractivity contribution in [3.8, 4) is 0 Å². The van der Waals surface area contributed by atoms with Crippen LogP contribution in [0.2, 0.25) is 0 Å². The number of benzene rings is 1. The third-order valence-electron chi connectivity index (χ3n) is 5.21. The summed E-state index contributed by atoms with van der Waals surface area (Å²) >= 11 is 1.69. The van der Waals surface area contributed by atoms with Crippen molar-refractivity contribution in [1.82, 2.24) is 4.90 Å². The van der Waals surface area contributed by atoms with Gasteiger partial charge >= 0.3 is 11.9 Å². The molecule has 4 atom stereocenters. The number of ether oxygens (including phenoxy) is 2. The van der Waals surface area contributed by atoms with Crippen LogP contribution in [0.15, 0.2) is 42.5 Å². The van der Waals surface area contributed by atoms with Crippen LogP contribution in [0.25, 0.3) is 0 Å². The number of β-lactam (4-membered cyclic amide) rings is 1. The Bertz CT molecular complexity index is 750. The van der Waals surface area contributed by atoms with Crippen molar-refractivity contribution < 1.29 is 23.9 Å². The van der Waals surface area contributed by atoms with Crippen molar-refractivity contribution in [1.29, 1.82) is 0 Å². The molecule has 1 amide bonds. The number of rotatable bonds is 8. The van der Waals surface area contributed by atoms with Crippen LogP contribution < -0.4 is 0 Å². The van der Waals surface area contributed by atoms with E-state index in [0.717, 1.165) is 17.7 Å². The van der Waals surface area contributed by atoms with Gasteiger partial charge < -0.3 is 14.4 Å². The Hall–Kier alpha value is -2.28. The Morgan fingerprint density at radius 2 is 2.04 bits per heavy atom. The molecule has 1 aromatic rings. The number of thioether (sulfide) groups is 1. The van der Waals surface area contributed by atoms with Crippen molar-refractivity contribution in [3.63, 3.8) is 0 Å². The maximum Gasteiger partial charge on any atom is 0.330 e. The fraction of sp³-hybridized carbons (Fsp3) is 0.476. The minimum absolute atomic E-state index is 0.0214. The highest BCUT2D eigenvalue weighted by atomic mass is 32.2. The molecular weight excluding hydrogens is 378 g/mol. The Morgan fingerprint density at radius 1 is 1.29 bits per heavy atom. The lowest BCUT2D eigenvalue weighted by molar-refractivity contribution is -0.166. The summed E-state index contributed by atoms with van der Waals surface area (Å²) in [6.07, 6.45) is 4.26. The predicted octanol–water partition coefficient (Wildman–Crippen LogP) is 2.57. The number of nitrogens with zero attached hydrogens (tertiary/aromatic N) is 1. The smallest absolute Gasteiger partial charge is 0.330 e. The number of allylic oxidation sites excluding steroid dienone is 1. The van der Waals surface area contributed by atoms with Crippen LogP contribution in [0.5, 0.6) is 0 Å². The van der Waals surface area contributed by atoms with Crippen LogP contribution >= 0.6 is 11.8 Å². The molecule has 2 aliphatic rings. The van der Waals surface area contributed by atoms with E-state index >= 15 is 0 Å². The average molecular weight is 404 g/mol. The Labute approximate surface area is 169 Å². The molecular formula is C21H25NO5S. The summed E-state index contributed by atoms with van der Waals surface area (Å²) in [5.41, 5.74) is 0.922. The molecule has 7 heteroatoms. The van der Waals surface area contributed by atoms with Crippen LogP contribution in [0.3, 0.4) is 0 Å². The summed E-state index contributed by atoms with van der Waals surface area (Å²) in [5, 5.41) is 0.0387. The van der Waals surface area contributed by atoms with Crippen LogP contribution in [0, 0.1) is 5.92 Å². The molecule has 0 aromatic heterocycles. The SMILES string of the molecule is CCSC1CC2C(CC=CC(=O)OC)C(=O)N2C1C(=O)OCc1ccccc1. The van der Waals surface area contributed by atoms with Gasteiger partial charge in [0, 0.05) is 17.4 Å². The van der Waals surface area contributed by atoms with Gasteiger partial charge in [0.25, 0.3) is 0 Å². The minimum Gasteiger partial charge on any atom is -0.466 e. The van der Waals surface area contributed by atoms with E-state index in [1.807, 2.05) is 37.3 Å². The maximum absolute atomic E-state index is 12.8. The van der Waals surface area contributed by atoms with Crippen molar-refractivity contribution in [2.45, 2.75) is 43.7 Å². The van der Waals surface area contributed by atoms with E-state index in [0.29, 0.717) is 6.42 Å². The lowest BCUT2D eigenvalue weighted by Crippen LogP contribution is -2.62. The van der Waals surface area contributed by atoms with Gasteiger partial charge in [-0.1, -0.05) is 43.3 Å². The molecule has 28 heavy (non-hydrogen) atoms.